The van der Waals surface area contributed by atoms with Crippen LogP contribution in [-0.4, -0.2) is 48.9 Å². The predicted molar refractivity (Wildman–Crippen MR) is 81.5 cm³/mol. The molecule has 0 spiro atoms. The molecule has 22 heavy (non-hydrogen) atoms. The Morgan fingerprint density at radius 3 is 2.41 bits per heavy atom. The topological polar surface area (TPSA) is 23.6 Å². The Morgan fingerprint density at radius 2 is 1.86 bits per heavy atom. The largest absolute Gasteiger partial charge is 0.416 e. The van der Waals surface area contributed by atoms with Gasteiger partial charge in [0.2, 0.25) is 5.91 Å². The van der Waals surface area contributed by atoms with Gasteiger partial charge in [-0.1, -0.05) is 22.0 Å². The minimum absolute atomic E-state index is 0.0555. The first-order chi connectivity index (χ1) is 10.3. The average Bonchev–Trinajstić information content (AvgIpc) is 2.45. The Balaban J connectivity index is 1.93. The second-order valence-electron chi connectivity index (χ2n) is 5.49. The summed E-state index contributed by atoms with van der Waals surface area (Å²) in [5.41, 5.74) is 0.0315. The molecule has 0 N–H and O–H groups in total. The van der Waals surface area contributed by atoms with Crippen molar-refractivity contribution >= 4 is 21.8 Å². The van der Waals surface area contributed by atoms with Crippen LogP contribution in [0, 0.1) is 0 Å². The summed E-state index contributed by atoms with van der Waals surface area (Å²) in [6.45, 7) is 3.14. The van der Waals surface area contributed by atoms with E-state index < -0.39 is 11.7 Å². The van der Waals surface area contributed by atoms with Crippen molar-refractivity contribution in [2.75, 3.05) is 33.2 Å². The zero-order chi connectivity index (χ0) is 16.3. The molecule has 2 rings (SSSR count). The van der Waals surface area contributed by atoms with Gasteiger partial charge in [-0.3, -0.25) is 4.79 Å². The van der Waals surface area contributed by atoms with Crippen LogP contribution in [0.15, 0.2) is 22.7 Å². The van der Waals surface area contributed by atoms with E-state index in [1.807, 2.05) is 11.9 Å². The van der Waals surface area contributed by atoms with E-state index in [0.717, 1.165) is 30.8 Å². The van der Waals surface area contributed by atoms with E-state index in [4.69, 9.17) is 0 Å². The highest BCUT2D eigenvalue weighted by Crippen LogP contribution is 2.32. The number of benzene rings is 1. The van der Waals surface area contributed by atoms with Crippen molar-refractivity contribution < 1.29 is 18.0 Å². The summed E-state index contributed by atoms with van der Waals surface area (Å²) in [6, 6.07) is 3.56. The first kappa shape index (κ1) is 17.3. The lowest BCUT2D eigenvalue weighted by molar-refractivity contribution is -0.137. The summed E-state index contributed by atoms with van der Waals surface area (Å²) in [5, 5.41) is 0. The van der Waals surface area contributed by atoms with Gasteiger partial charge in [-0.2, -0.15) is 13.2 Å². The molecule has 7 heteroatoms. The molecule has 0 atom stereocenters. The van der Waals surface area contributed by atoms with Gasteiger partial charge in [-0.25, -0.2) is 0 Å². The van der Waals surface area contributed by atoms with Gasteiger partial charge in [0, 0.05) is 37.1 Å². The van der Waals surface area contributed by atoms with E-state index >= 15 is 0 Å². The summed E-state index contributed by atoms with van der Waals surface area (Å²) in [4.78, 5) is 16.1. The number of carbonyl (C=O) groups is 1. The smallest absolute Gasteiger partial charge is 0.340 e. The van der Waals surface area contributed by atoms with Crippen LogP contribution in [0.5, 0.6) is 0 Å². The predicted octanol–water partition coefficient (Wildman–Crippen LogP) is 3.17. The zero-order valence-corrected chi connectivity index (χ0v) is 13.9. The Kier molecular flexibility index (Phi) is 5.50. The highest BCUT2D eigenvalue weighted by molar-refractivity contribution is 9.10. The van der Waals surface area contributed by atoms with Crippen molar-refractivity contribution in [3.8, 4) is 0 Å². The Hall–Kier alpha value is -1.08. The lowest BCUT2D eigenvalue weighted by Gasteiger charge is -2.32. The van der Waals surface area contributed by atoms with Crippen LogP contribution in [0.1, 0.15) is 17.5 Å². The molecule has 1 aliphatic heterocycles. The van der Waals surface area contributed by atoms with E-state index in [0.29, 0.717) is 30.4 Å². The van der Waals surface area contributed by atoms with Gasteiger partial charge in [-0.05, 0) is 31.2 Å². The van der Waals surface area contributed by atoms with Crippen LogP contribution in [0.3, 0.4) is 0 Å². The van der Waals surface area contributed by atoms with Crippen LogP contribution < -0.4 is 0 Å². The van der Waals surface area contributed by atoms with Crippen LogP contribution in [0.25, 0.3) is 0 Å². The maximum absolute atomic E-state index is 12.6. The number of piperazine rings is 1. The molecule has 1 aliphatic rings. The minimum atomic E-state index is -4.35. The summed E-state index contributed by atoms with van der Waals surface area (Å²) < 4.78 is 38.2. The normalized spacial score (nSPS) is 16.9. The molecule has 0 radical (unpaired) electrons. The molecule has 122 valence electrons. The number of hydrogen-bond donors (Lipinski definition) is 0. The van der Waals surface area contributed by atoms with Crippen molar-refractivity contribution in [2.24, 2.45) is 0 Å². The fraction of sp³-hybridized carbons (Fsp3) is 0.533. The third kappa shape index (κ3) is 4.46. The van der Waals surface area contributed by atoms with E-state index in [9.17, 15) is 18.0 Å². The van der Waals surface area contributed by atoms with Crippen LogP contribution in [0.2, 0.25) is 0 Å². The third-order valence-electron chi connectivity index (χ3n) is 3.84. The van der Waals surface area contributed by atoms with Crippen molar-refractivity contribution in [3.05, 3.63) is 33.8 Å². The Labute approximate surface area is 136 Å². The zero-order valence-electron chi connectivity index (χ0n) is 12.3. The number of halogens is 4. The molecule has 1 saturated heterocycles. The van der Waals surface area contributed by atoms with Gasteiger partial charge in [-0.15, -0.1) is 0 Å². The number of likely N-dealkylation sites (N-methyl/N-ethyl adjacent to an activating group) is 1. The van der Waals surface area contributed by atoms with Crippen LogP contribution >= 0.6 is 15.9 Å². The molecular weight excluding hydrogens is 361 g/mol. The molecule has 1 amide bonds. The second-order valence-corrected chi connectivity index (χ2v) is 6.34. The lowest BCUT2D eigenvalue weighted by atomic mass is 10.1. The summed E-state index contributed by atoms with van der Waals surface area (Å²) in [7, 11) is 2.02. The highest BCUT2D eigenvalue weighted by atomic mass is 79.9. The number of nitrogens with zero attached hydrogens (tertiary/aromatic N) is 2. The Morgan fingerprint density at radius 1 is 1.23 bits per heavy atom. The number of amides is 1. The Bertz CT molecular complexity index is 540. The van der Waals surface area contributed by atoms with Crippen molar-refractivity contribution in [3.63, 3.8) is 0 Å². The highest BCUT2D eigenvalue weighted by Gasteiger charge is 2.30. The van der Waals surface area contributed by atoms with Gasteiger partial charge in [0.25, 0.3) is 0 Å². The average molecular weight is 379 g/mol. The molecule has 3 nitrogen and oxygen atoms in total. The molecule has 0 aromatic heterocycles. The van der Waals surface area contributed by atoms with Gasteiger partial charge >= 0.3 is 6.18 Å². The number of carbonyl (C=O) groups excluding carboxylic acids is 1. The van der Waals surface area contributed by atoms with Crippen LogP contribution in [0.4, 0.5) is 13.2 Å². The summed E-state index contributed by atoms with van der Waals surface area (Å²) in [6.07, 6.45) is -3.60. The SMILES string of the molecule is CN1CCN(C(=O)CCc2ccc(C(F)(F)F)cc2Br)CC1. The minimum Gasteiger partial charge on any atom is -0.340 e. The maximum atomic E-state index is 12.6. The van der Waals surface area contributed by atoms with Crippen molar-refractivity contribution in [2.45, 2.75) is 19.0 Å². The molecule has 1 aromatic rings. The van der Waals surface area contributed by atoms with E-state index in [1.54, 1.807) is 0 Å². The fourth-order valence-electron chi connectivity index (χ4n) is 2.38. The summed E-state index contributed by atoms with van der Waals surface area (Å²) >= 11 is 3.16. The monoisotopic (exact) mass is 378 g/mol. The molecule has 0 bridgehead atoms. The number of alkyl halides is 3. The molecule has 1 fully saturated rings. The van der Waals surface area contributed by atoms with E-state index in [1.165, 1.54) is 6.07 Å². The number of aryl methyl sites for hydroxylation is 1. The lowest BCUT2D eigenvalue weighted by Crippen LogP contribution is -2.47. The molecule has 1 heterocycles. The number of hydrogen-bond acceptors (Lipinski definition) is 2. The van der Waals surface area contributed by atoms with Crippen molar-refractivity contribution in [1.82, 2.24) is 9.80 Å². The van der Waals surface area contributed by atoms with Crippen LogP contribution in [-0.2, 0) is 17.4 Å². The number of rotatable bonds is 3. The first-order valence-corrected chi connectivity index (χ1v) is 7.88. The van der Waals surface area contributed by atoms with Gasteiger partial charge in [0.1, 0.15) is 0 Å². The molecule has 0 saturated carbocycles. The standard InChI is InChI=1S/C15H18BrF3N2O/c1-20-6-8-21(9-7-20)14(22)5-3-11-2-4-12(10-13(11)16)15(17,18)19/h2,4,10H,3,5-9H2,1H3. The van der Waals surface area contributed by atoms with Gasteiger partial charge in [0.15, 0.2) is 0 Å². The summed E-state index contributed by atoms with van der Waals surface area (Å²) in [5.74, 6) is 0.0555. The van der Waals surface area contributed by atoms with E-state index in [-0.39, 0.29) is 5.91 Å². The first-order valence-electron chi connectivity index (χ1n) is 7.09. The third-order valence-corrected chi connectivity index (χ3v) is 4.58. The van der Waals surface area contributed by atoms with Crippen molar-refractivity contribution in [1.29, 1.82) is 0 Å². The van der Waals surface area contributed by atoms with E-state index in [2.05, 4.69) is 20.8 Å². The quantitative estimate of drug-likeness (QED) is 0.806. The molecule has 0 aliphatic carbocycles. The molecule has 1 aromatic carbocycles. The second kappa shape index (κ2) is 7.00. The molecular formula is C15H18BrF3N2O. The maximum Gasteiger partial charge on any atom is 0.416 e. The fourth-order valence-corrected chi connectivity index (χ4v) is 2.96. The van der Waals surface area contributed by atoms with Gasteiger partial charge in [0.05, 0.1) is 5.56 Å². The molecule has 0 unspecified atom stereocenters. The van der Waals surface area contributed by atoms with Gasteiger partial charge < -0.3 is 9.80 Å².